The summed E-state index contributed by atoms with van der Waals surface area (Å²) in [6, 6.07) is 0.341. The first kappa shape index (κ1) is 11.6. The van der Waals surface area contributed by atoms with Crippen LogP contribution >= 0.6 is 0 Å². The molecule has 2 unspecified atom stereocenters. The van der Waals surface area contributed by atoms with Crippen LogP contribution in [-0.2, 0) is 6.54 Å². The summed E-state index contributed by atoms with van der Waals surface area (Å²) in [6.45, 7) is 2.05. The standard InChI is InChI=1S/C12H21N3O/c16-12-5-3-4-11(12)14-6-1-2-8-15-9-7-13-10-15/h7,9-12,14,16H,1-6,8H2. The third kappa shape index (κ3) is 3.32. The number of hydrogen-bond donors (Lipinski definition) is 2. The van der Waals surface area contributed by atoms with E-state index in [1.165, 1.54) is 0 Å². The van der Waals surface area contributed by atoms with E-state index >= 15 is 0 Å². The molecule has 0 bridgehead atoms. The van der Waals surface area contributed by atoms with Crippen LogP contribution in [0.2, 0.25) is 0 Å². The minimum absolute atomic E-state index is 0.117. The lowest BCUT2D eigenvalue weighted by Gasteiger charge is -2.16. The Morgan fingerprint density at radius 1 is 1.38 bits per heavy atom. The zero-order valence-corrected chi connectivity index (χ0v) is 9.68. The maximum atomic E-state index is 9.62. The fourth-order valence-corrected chi connectivity index (χ4v) is 2.30. The van der Waals surface area contributed by atoms with E-state index in [9.17, 15) is 5.11 Å². The zero-order valence-electron chi connectivity index (χ0n) is 9.68. The predicted molar refractivity (Wildman–Crippen MR) is 63.1 cm³/mol. The zero-order chi connectivity index (χ0) is 11.2. The number of nitrogens with one attached hydrogen (secondary N) is 1. The van der Waals surface area contributed by atoms with Gasteiger partial charge in [-0.15, -0.1) is 0 Å². The topological polar surface area (TPSA) is 50.1 Å². The molecule has 1 fully saturated rings. The van der Waals surface area contributed by atoms with Gasteiger partial charge in [0.05, 0.1) is 12.4 Å². The molecule has 0 spiro atoms. The Morgan fingerprint density at radius 2 is 2.31 bits per heavy atom. The molecule has 1 saturated carbocycles. The van der Waals surface area contributed by atoms with Crippen LogP contribution in [0.15, 0.2) is 18.7 Å². The lowest BCUT2D eigenvalue weighted by atomic mass is 10.2. The number of aliphatic hydroxyl groups excluding tert-OH is 1. The van der Waals surface area contributed by atoms with Crippen LogP contribution in [0.1, 0.15) is 32.1 Å². The van der Waals surface area contributed by atoms with Gasteiger partial charge in [0.2, 0.25) is 0 Å². The van der Waals surface area contributed by atoms with Gasteiger partial charge < -0.3 is 15.0 Å². The van der Waals surface area contributed by atoms with Crippen LogP contribution in [-0.4, -0.2) is 33.3 Å². The summed E-state index contributed by atoms with van der Waals surface area (Å²) in [6.07, 6.45) is 11.1. The molecule has 4 nitrogen and oxygen atoms in total. The normalized spacial score (nSPS) is 25.1. The van der Waals surface area contributed by atoms with Gasteiger partial charge in [-0.1, -0.05) is 0 Å². The second kappa shape index (κ2) is 6.01. The SMILES string of the molecule is OC1CCCC1NCCCCn1ccnc1. The molecule has 0 aromatic carbocycles. The van der Waals surface area contributed by atoms with Crippen molar-refractivity contribution in [3.05, 3.63) is 18.7 Å². The molecule has 0 amide bonds. The quantitative estimate of drug-likeness (QED) is 0.712. The molecular weight excluding hydrogens is 202 g/mol. The molecule has 0 aliphatic heterocycles. The van der Waals surface area contributed by atoms with Crippen molar-refractivity contribution in [2.45, 2.75) is 50.8 Å². The molecule has 90 valence electrons. The Morgan fingerprint density at radius 3 is 3.00 bits per heavy atom. The van der Waals surface area contributed by atoms with Crippen LogP contribution in [0.3, 0.4) is 0 Å². The third-order valence-electron chi connectivity index (χ3n) is 3.29. The highest BCUT2D eigenvalue weighted by Crippen LogP contribution is 2.18. The van der Waals surface area contributed by atoms with Crippen molar-refractivity contribution in [3.8, 4) is 0 Å². The highest BCUT2D eigenvalue weighted by atomic mass is 16.3. The largest absolute Gasteiger partial charge is 0.392 e. The van der Waals surface area contributed by atoms with Crippen LogP contribution in [0, 0.1) is 0 Å². The number of aromatic nitrogens is 2. The highest BCUT2D eigenvalue weighted by molar-refractivity contribution is 4.82. The first-order valence-corrected chi connectivity index (χ1v) is 6.23. The maximum Gasteiger partial charge on any atom is 0.0945 e. The first-order chi connectivity index (χ1) is 7.86. The molecule has 4 heteroatoms. The van der Waals surface area contributed by atoms with E-state index in [4.69, 9.17) is 0 Å². The minimum atomic E-state index is -0.117. The van der Waals surface area contributed by atoms with E-state index in [1.54, 1.807) is 0 Å². The Labute approximate surface area is 96.7 Å². The smallest absolute Gasteiger partial charge is 0.0945 e. The van der Waals surface area contributed by atoms with Gasteiger partial charge in [0, 0.05) is 25.0 Å². The number of imidazole rings is 1. The molecule has 2 N–H and O–H groups in total. The molecule has 1 aliphatic rings. The van der Waals surface area contributed by atoms with E-state index in [0.717, 1.165) is 45.2 Å². The molecule has 1 aromatic rings. The first-order valence-electron chi connectivity index (χ1n) is 6.23. The molecule has 1 aromatic heterocycles. The van der Waals surface area contributed by atoms with Crippen molar-refractivity contribution in [1.29, 1.82) is 0 Å². The molecule has 0 radical (unpaired) electrons. The van der Waals surface area contributed by atoms with Gasteiger partial charge in [-0.3, -0.25) is 0 Å². The number of aliphatic hydroxyl groups is 1. The van der Waals surface area contributed by atoms with Crippen LogP contribution in [0.5, 0.6) is 0 Å². The molecule has 16 heavy (non-hydrogen) atoms. The van der Waals surface area contributed by atoms with Gasteiger partial charge in [0.25, 0.3) is 0 Å². The Balaban J connectivity index is 1.52. The Bertz CT molecular complexity index is 286. The monoisotopic (exact) mass is 223 g/mol. The van der Waals surface area contributed by atoms with Gasteiger partial charge in [-0.05, 0) is 38.6 Å². The van der Waals surface area contributed by atoms with Crippen molar-refractivity contribution in [2.75, 3.05) is 6.54 Å². The summed E-state index contributed by atoms with van der Waals surface area (Å²) in [5.41, 5.74) is 0. The van der Waals surface area contributed by atoms with Gasteiger partial charge in [-0.2, -0.15) is 0 Å². The number of unbranched alkanes of at least 4 members (excludes halogenated alkanes) is 1. The Kier molecular flexibility index (Phi) is 4.36. The van der Waals surface area contributed by atoms with E-state index in [1.807, 2.05) is 18.7 Å². The Hall–Kier alpha value is -0.870. The number of hydrogen-bond acceptors (Lipinski definition) is 3. The number of aryl methyl sites for hydroxylation is 1. The molecule has 2 atom stereocenters. The van der Waals surface area contributed by atoms with E-state index in [-0.39, 0.29) is 6.10 Å². The predicted octanol–water partition coefficient (Wildman–Crippen LogP) is 1.17. The summed E-state index contributed by atoms with van der Waals surface area (Å²) in [4.78, 5) is 4.01. The van der Waals surface area contributed by atoms with E-state index < -0.39 is 0 Å². The van der Waals surface area contributed by atoms with Gasteiger partial charge in [0.15, 0.2) is 0 Å². The highest BCUT2D eigenvalue weighted by Gasteiger charge is 2.23. The van der Waals surface area contributed by atoms with Crippen molar-refractivity contribution in [2.24, 2.45) is 0 Å². The summed E-state index contributed by atoms with van der Waals surface area (Å²) >= 11 is 0. The van der Waals surface area contributed by atoms with Gasteiger partial charge in [-0.25, -0.2) is 4.98 Å². The number of nitrogens with zero attached hydrogens (tertiary/aromatic N) is 2. The molecule has 2 rings (SSSR count). The lowest BCUT2D eigenvalue weighted by Crippen LogP contribution is -2.36. The molecule has 1 heterocycles. The maximum absolute atomic E-state index is 9.62. The second-order valence-corrected chi connectivity index (χ2v) is 4.57. The van der Waals surface area contributed by atoms with Gasteiger partial charge in [0.1, 0.15) is 0 Å². The van der Waals surface area contributed by atoms with Crippen LogP contribution in [0.4, 0.5) is 0 Å². The summed E-state index contributed by atoms with van der Waals surface area (Å²) in [7, 11) is 0. The van der Waals surface area contributed by atoms with Crippen molar-refractivity contribution in [3.63, 3.8) is 0 Å². The van der Waals surface area contributed by atoms with E-state index in [2.05, 4.69) is 14.9 Å². The second-order valence-electron chi connectivity index (χ2n) is 4.57. The van der Waals surface area contributed by atoms with Gasteiger partial charge >= 0.3 is 0 Å². The summed E-state index contributed by atoms with van der Waals surface area (Å²) in [5, 5.41) is 13.1. The average molecular weight is 223 g/mol. The number of rotatable bonds is 6. The van der Waals surface area contributed by atoms with Crippen LogP contribution in [0.25, 0.3) is 0 Å². The van der Waals surface area contributed by atoms with Crippen molar-refractivity contribution in [1.82, 2.24) is 14.9 Å². The molecular formula is C12H21N3O. The fourth-order valence-electron chi connectivity index (χ4n) is 2.30. The molecule has 0 saturated heterocycles. The average Bonchev–Trinajstić information content (AvgIpc) is 2.90. The fraction of sp³-hybridized carbons (Fsp3) is 0.750. The van der Waals surface area contributed by atoms with Crippen molar-refractivity contribution < 1.29 is 5.11 Å². The lowest BCUT2D eigenvalue weighted by molar-refractivity contribution is 0.149. The summed E-state index contributed by atoms with van der Waals surface area (Å²) < 4.78 is 2.10. The third-order valence-corrected chi connectivity index (χ3v) is 3.29. The van der Waals surface area contributed by atoms with Crippen LogP contribution < -0.4 is 5.32 Å². The minimum Gasteiger partial charge on any atom is -0.392 e. The molecule has 1 aliphatic carbocycles. The van der Waals surface area contributed by atoms with Crippen molar-refractivity contribution >= 4 is 0 Å². The summed E-state index contributed by atoms with van der Waals surface area (Å²) in [5.74, 6) is 0. The van der Waals surface area contributed by atoms with E-state index in [0.29, 0.717) is 6.04 Å².